The lowest BCUT2D eigenvalue weighted by Crippen LogP contribution is -2.07. The highest BCUT2D eigenvalue weighted by atomic mass is 32.2. The fourth-order valence-electron chi connectivity index (χ4n) is 2.23. The number of aryl methyl sites for hydroxylation is 1. The van der Waals surface area contributed by atoms with Gasteiger partial charge >= 0.3 is 0 Å². The molecule has 0 aliphatic carbocycles. The molecule has 5 nitrogen and oxygen atoms in total. The number of aromatic nitrogens is 3. The van der Waals surface area contributed by atoms with Gasteiger partial charge in [0.05, 0.1) is 5.75 Å². The van der Waals surface area contributed by atoms with E-state index >= 15 is 0 Å². The summed E-state index contributed by atoms with van der Waals surface area (Å²) >= 11 is 1.63. The normalized spacial score (nSPS) is 10.6. The molecule has 25 heavy (non-hydrogen) atoms. The summed E-state index contributed by atoms with van der Waals surface area (Å²) in [6, 6.07) is 14.3. The van der Waals surface area contributed by atoms with E-state index in [2.05, 4.69) is 20.3 Å². The topological polar surface area (TPSA) is 76.7 Å². The highest BCUT2D eigenvalue weighted by Crippen LogP contribution is 2.20. The molecule has 0 unspecified atom stereocenters. The first-order valence-corrected chi connectivity index (χ1v) is 8.91. The molecule has 0 saturated heterocycles. The predicted molar refractivity (Wildman–Crippen MR) is 100 cm³/mol. The van der Waals surface area contributed by atoms with E-state index in [0.717, 1.165) is 22.6 Å². The average molecular weight is 355 g/mol. The molecule has 0 spiro atoms. The fourth-order valence-corrected chi connectivity index (χ4v) is 3.07. The first-order chi connectivity index (χ1) is 12.1. The molecule has 0 amide bonds. The van der Waals surface area contributed by atoms with Crippen LogP contribution in [0.25, 0.3) is 0 Å². The molecule has 0 radical (unpaired) electrons. The Morgan fingerprint density at radius 2 is 1.76 bits per heavy atom. The molecule has 128 valence electrons. The summed E-state index contributed by atoms with van der Waals surface area (Å²) in [4.78, 5) is 12.7. The van der Waals surface area contributed by atoms with Crippen molar-refractivity contribution in [2.24, 2.45) is 0 Å². The second-order valence-electron chi connectivity index (χ2n) is 5.49. The van der Waals surface area contributed by atoms with Crippen LogP contribution >= 0.6 is 11.8 Å². The van der Waals surface area contributed by atoms with Crippen LogP contribution in [0.5, 0.6) is 0 Å². The quantitative estimate of drug-likeness (QED) is 0.694. The maximum Gasteiger partial charge on any atom is 0.232 e. The van der Waals surface area contributed by atoms with Crippen molar-refractivity contribution in [2.75, 3.05) is 11.1 Å². The van der Waals surface area contributed by atoms with Crippen LogP contribution in [0, 0.1) is 12.7 Å². The lowest BCUT2D eigenvalue weighted by molar-refractivity contribution is 0.627. The molecule has 0 bridgehead atoms. The predicted octanol–water partition coefficient (Wildman–Crippen LogP) is 4.08. The zero-order chi connectivity index (χ0) is 17.6. The second kappa shape index (κ2) is 7.94. The van der Waals surface area contributed by atoms with Crippen molar-refractivity contribution in [1.29, 1.82) is 0 Å². The van der Waals surface area contributed by atoms with E-state index in [0.29, 0.717) is 17.5 Å². The van der Waals surface area contributed by atoms with Crippen LogP contribution in [-0.2, 0) is 11.5 Å². The molecule has 7 heteroatoms. The standard InChI is InChI=1S/C18H18FN5S/c1-12-4-2-3-5-15(12)21-18-23-16(22-17(20)24-18)11-25-10-13-6-8-14(19)9-7-13/h2-9H,10-11H2,1H3,(H3,20,21,22,23,24). The first kappa shape index (κ1) is 17.2. The lowest BCUT2D eigenvalue weighted by Gasteiger charge is -2.09. The van der Waals surface area contributed by atoms with Gasteiger partial charge in [0, 0.05) is 11.4 Å². The summed E-state index contributed by atoms with van der Waals surface area (Å²) in [5, 5.41) is 3.17. The van der Waals surface area contributed by atoms with Crippen molar-refractivity contribution >= 4 is 29.3 Å². The third-order valence-corrected chi connectivity index (χ3v) is 4.50. The van der Waals surface area contributed by atoms with E-state index < -0.39 is 0 Å². The van der Waals surface area contributed by atoms with Gasteiger partial charge in [-0.1, -0.05) is 30.3 Å². The number of nitrogens with one attached hydrogen (secondary N) is 1. The van der Waals surface area contributed by atoms with Crippen molar-refractivity contribution < 1.29 is 4.39 Å². The first-order valence-electron chi connectivity index (χ1n) is 7.75. The smallest absolute Gasteiger partial charge is 0.232 e. The Labute approximate surface area is 149 Å². The molecule has 0 aliphatic heterocycles. The van der Waals surface area contributed by atoms with E-state index in [1.54, 1.807) is 23.9 Å². The van der Waals surface area contributed by atoms with Crippen molar-refractivity contribution in [3.63, 3.8) is 0 Å². The van der Waals surface area contributed by atoms with Crippen molar-refractivity contribution in [2.45, 2.75) is 18.4 Å². The lowest BCUT2D eigenvalue weighted by atomic mass is 10.2. The van der Waals surface area contributed by atoms with Crippen molar-refractivity contribution in [3.05, 3.63) is 71.3 Å². The minimum Gasteiger partial charge on any atom is -0.368 e. The van der Waals surface area contributed by atoms with Gasteiger partial charge in [0.25, 0.3) is 0 Å². The molecule has 0 atom stereocenters. The van der Waals surface area contributed by atoms with E-state index in [1.807, 2.05) is 31.2 Å². The van der Waals surface area contributed by atoms with Crippen molar-refractivity contribution in [3.8, 4) is 0 Å². The van der Waals surface area contributed by atoms with Gasteiger partial charge in [-0.15, -0.1) is 11.8 Å². The molecule has 3 aromatic rings. The maximum atomic E-state index is 12.9. The number of nitrogens with two attached hydrogens (primary N) is 1. The number of benzene rings is 2. The molecule has 0 aliphatic rings. The van der Waals surface area contributed by atoms with Crippen LogP contribution in [0.15, 0.2) is 48.5 Å². The third kappa shape index (κ3) is 4.90. The largest absolute Gasteiger partial charge is 0.368 e. The fraction of sp³-hybridized carbons (Fsp3) is 0.167. The molecule has 0 saturated carbocycles. The summed E-state index contributed by atoms with van der Waals surface area (Å²) in [7, 11) is 0. The monoisotopic (exact) mass is 355 g/mol. The highest BCUT2D eigenvalue weighted by molar-refractivity contribution is 7.97. The third-order valence-electron chi connectivity index (χ3n) is 3.50. The maximum absolute atomic E-state index is 12.9. The molecular formula is C18H18FN5S. The van der Waals surface area contributed by atoms with E-state index in [4.69, 9.17) is 5.73 Å². The number of rotatable bonds is 6. The Bertz CT molecular complexity index is 854. The van der Waals surface area contributed by atoms with Gasteiger partial charge in [0.2, 0.25) is 11.9 Å². The van der Waals surface area contributed by atoms with Crippen LogP contribution in [0.4, 0.5) is 22.0 Å². The van der Waals surface area contributed by atoms with Gasteiger partial charge in [0.15, 0.2) is 0 Å². The number of anilines is 3. The van der Waals surface area contributed by atoms with Crippen LogP contribution < -0.4 is 11.1 Å². The summed E-state index contributed by atoms with van der Waals surface area (Å²) in [5.74, 6) is 2.32. The van der Waals surface area contributed by atoms with E-state index in [1.165, 1.54) is 12.1 Å². The zero-order valence-electron chi connectivity index (χ0n) is 13.7. The summed E-state index contributed by atoms with van der Waals surface area (Å²) in [6.45, 7) is 2.01. The van der Waals surface area contributed by atoms with E-state index in [-0.39, 0.29) is 11.8 Å². The number of para-hydroxylation sites is 1. The number of thioether (sulfide) groups is 1. The van der Waals surface area contributed by atoms with Crippen LogP contribution in [0.2, 0.25) is 0 Å². The SMILES string of the molecule is Cc1ccccc1Nc1nc(N)nc(CSCc2ccc(F)cc2)n1. The van der Waals surface area contributed by atoms with Crippen LogP contribution in [-0.4, -0.2) is 15.0 Å². The second-order valence-corrected chi connectivity index (χ2v) is 6.48. The average Bonchev–Trinajstić information content (AvgIpc) is 2.58. The summed E-state index contributed by atoms with van der Waals surface area (Å²) < 4.78 is 12.9. The Morgan fingerprint density at radius 1 is 1.00 bits per heavy atom. The molecule has 1 heterocycles. The summed E-state index contributed by atoms with van der Waals surface area (Å²) in [6.07, 6.45) is 0. The molecule has 2 aromatic carbocycles. The van der Waals surface area contributed by atoms with Gasteiger partial charge in [-0.3, -0.25) is 0 Å². The minimum atomic E-state index is -0.231. The van der Waals surface area contributed by atoms with Gasteiger partial charge in [-0.25, -0.2) is 4.39 Å². The van der Waals surface area contributed by atoms with Gasteiger partial charge in [0.1, 0.15) is 11.6 Å². The Kier molecular flexibility index (Phi) is 5.45. The highest BCUT2D eigenvalue weighted by Gasteiger charge is 2.07. The summed E-state index contributed by atoms with van der Waals surface area (Å²) in [5.41, 5.74) is 8.87. The number of halogens is 1. The Hall–Kier alpha value is -2.67. The zero-order valence-corrected chi connectivity index (χ0v) is 14.6. The van der Waals surface area contributed by atoms with Crippen LogP contribution in [0.3, 0.4) is 0 Å². The number of nitrogens with zero attached hydrogens (tertiary/aromatic N) is 3. The number of nitrogen functional groups attached to an aromatic ring is 1. The van der Waals surface area contributed by atoms with Crippen LogP contribution in [0.1, 0.15) is 17.0 Å². The van der Waals surface area contributed by atoms with Crippen molar-refractivity contribution in [1.82, 2.24) is 15.0 Å². The molecular weight excluding hydrogens is 337 g/mol. The Morgan fingerprint density at radius 3 is 2.52 bits per heavy atom. The molecule has 3 N–H and O–H groups in total. The van der Waals surface area contributed by atoms with E-state index in [9.17, 15) is 4.39 Å². The molecule has 3 rings (SSSR count). The Balaban J connectivity index is 1.65. The van der Waals surface area contributed by atoms with Gasteiger partial charge < -0.3 is 11.1 Å². The molecule has 0 fully saturated rings. The van der Waals surface area contributed by atoms with Gasteiger partial charge in [-0.2, -0.15) is 15.0 Å². The number of hydrogen-bond donors (Lipinski definition) is 2. The van der Waals surface area contributed by atoms with Gasteiger partial charge in [-0.05, 0) is 36.2 Å². The number of hydrogen-bond acceptors (Lipinski definition) is 6. The molecule has 1 aromatic heterocycles. The minimum absolute atomic E-state index is 0.184.